The Balaban J connectivity index is 2.27. The van der Waals surface area contributed by atoms with Crippen LogP contribution in [0.3, 0.4) is 0 Å². The second kappa shape index (κ2) is 5.48. The van der Waals surface area contributed by atoms with Crippen LogP contribution in [0.1, 0.15) is 30.0 Å². The van der Waals surface area contributed by atoms with Gasteiger partial charge in [0.05, 0.1) is 17.7 Å². The minimum atomic E-state index is -4.35. The van der Waals surface area contributed by atoms with Crippen molar-refractivity contribution in [1.29, 1.82) is 0 Å². The number of hydrogen-bond donors (Lipinski definition) is 2. The van der Waals surface area contributed by atoms with Crippen LogP contribution in [0.4, 0.5) is 13.2 Å². The van der Waals surface area contributed by atoms with Gasteiger partial charge < -0.3 is 4.74 Å². The average Bonchev–Trinajstić information content (AvgIpc) is 3.19. The van der Waals surface area contributed by atoms with Gasteiger partial charge >= 0.3 is 6.18 Å². The van der Waals surface area contributed by atoms with Crippen LogP contribution >= 0.6 is 0 Å². The lowest BCUT2D eigenvalue weighted by Crippen LogP contribution is -2.38. The Morgan fingerprint density at radius 2 is 2.05 bits per heavy atom. The Hall–Kier alpha value is -1.11. The van der Waals surface area contributed by atoms with Crippen molar-refractivity contribution in [2.24, 2.45) is 11.8 Å². The van der Waals surface area contributed by atoms with E-state index >= 15 is 0 Å². The lowest BCUT2D eigenvalue weighted by molar-refractivity contribution is -0.137. The van der Waals surface area contributed by atoms with E-state index in [1.807, 2.05) is 0 Å². The van der Waals surface area contributed by atoms with Gasteiger partial charge in [-0.1, -0.05) is 12.1 Å². The SMILES string of the molecule is COC(C1CC1)C(NN)c1cccc(C(F)(F)F)c1. The number of halogens is 3. The van der Waals surface area contributed by atoms with Gasteiger partial charge in [-0.3, -0.25) is 11.3 Å². The molecular weight excluding hydrogens is 257 g/mol. The molecule has 2 unspecified atom stereocenters. The third kappa shape index (κ3) is 3.26. The highest BCUT2D eigenvalue weighted by Gasteiger charge is 2.38. The second-order valence-electron chi connectivity index (χ2n) is 4.81. The van der Waals surface area contributed by atoms with Gasteiger partial charge in [0.1, 0.15) is 0 Å². The van der Waals surface area contributed by atoms with Crippen LogP contribution in [0.2, 0.25) is 0 Å². The Labute approximate surface area is 109 Å². The Morgan fingerprint density at radius 3 is 2.53 bits per heavy atom. The first-order valence-electron chi connectivity index (χ1n) is 6.13. The maximum atomic E-state index is 12.7. The van der Waals surface area contributed by atoms with Crippen LogP contribution in [0.5, 0.6) is 0 Å². The zero-order chi connectivity index (χ0) is 14.0. The standard InChI is InChI=1S/C13H17F3N2O/c1-19-12(8-5-6-8)11(18-17)9-3-2-4-10(7-9)13(14,15)16/h2-4,7-8,11-12,18H,5-6,17H2,1H3. The molecule has 6 heteroatoms. The van der Waals surface area contributed by atoms with Crippen molar-refractivity contribution in [3.8, 4) is 0 Å². The number of ether oxygens (including phenoxy) is 1. The number of nitrogens with two attached hydrogens (primary N) is 1. The number of alkyl halides is 3. The van der Waals surface area contributed by atoms with Gasteiger partial charge in [-0.25, -0.2) is 0 Å². The molecule has 0 aromatic heterocycles. The van der Waals surface area contributed by atoms with E-state index in [4.69, 9.17) is 10.6 Å². The predicted molar refractivity (Wildman–Crippen MR) is 65.0 cm³/mol. The zero-order valence-corrected chi connectivity index (χ0v) is 10.6. The molecule has 1 fully saturated rings. The van der Waals surface area contributed by atoms with Gasteiger partial charge in [-0.2, -0.15) is 13.2 Å². The second-order valence-corrected chi connectivity index (χ2v) is 4.81. The van der Waals surface area contributed by atoms with Crippen LogP contribution in [-0.2, 0) is 10.9 Å². The van der Waals surface area contributed by atoms with Crippen LogP contribution in [-0.4, -0.2) is 13.2 Å². The fourth-order valence-electron chi connectivity index (χ4n) is 2.31. The molecule has 3 nitrogen and oxygen atoms in total. The van der Waals surface area contributed by atoms with Crippen molar-refractivity contribution >= 4 is 0 Å². The third-order valence-corrected chi connectivity index (χ3v) is 3.44. The molecule has 0 heterocycles. The van der Waals surface area contributed by atoms with E-state index in [9.17, 15) is 13.2 Å². The summed E-state index contributed by atoms with van der Waals surface area (Å²) in [5, 5.41) is 0. The number of benzene rings is 1. The number of methoxy groups -OCH3 is 1. The molecule has 19 heavy (non-hydrogen) atoms. The Morgan fingerprint density at radius 1 is 1.37 bits per heavy atom. The molecular formula is C13H17F3N2O. The maximum absolute atomic E-state index is 12.7. The lowest BCUT2D eigenvalue weighted by Gasteiger charge is -2.26. The first kappa shape index (κ1) is 14.3. The molecule has 0 aliphatic heterocycles. The van der Waals surface area contributed by atoms with Crippen molar-refractivity contribution in [3.05, 3.63) is 35.4 Å². The first-order valence-corrected chi connectivity index (χ1v) is 6.13. The summed E-state index contributed by atoms with van der Waals surface area (Å²) in [6.45, 7) is 0. The molecule has 1 saturated carbocycles. The van der Waals surface area contributed by atoms with E-state index in [0.29, 0.717) is 11.5 Å². The smallest absolute Gasteiger partial charge is 0.379 e. The largest absolute Gasteiger partial charge is 0.416 e. The van der Waals surface area contributed by atoms with Crippen LogP contribution in [0, 0.1) is 5.92 Å². The van der Waals surface area contributed by atoms with Crippen LogP contribution in [0.15, 0.2) is 24.3 Å². The monoisotopic (exact) mass is 274 g/mol. The normalized spacial score (nSPS) is 19.2. The van der Waals surface area contributed by atoms with Crippen molar-refractivity contribution < 1.29 is 17.9 Å². The molecule has 0 radical (unpaired) electrons. The quantitative estimate of drug-likeness (QED) is 0.641. The number of hydrogen-bond acceptors (Lipinski definition) is 3. The third-order valence-electron chi connectivity index (χ3n) is 3.44. The summed E-state index contributed by atoms with van der Waals surface area (Å²) in [5.41, 5.74) is 2.40. The first-order chi connectivity index (χ1) is 8.97. The fraction of sp³-hybridized carbons (Fsp3) is 0.538. The summed E-state index contributed by atoms with van der Waals surface area (Å²) in [6, 6.07) is 4.77. The molecule has 106 valence electrons. The van der Waals surface area contributed by atoms with Gasteiger partial charge in [0.25, 0.3) is 0 Å². The molecule has 1 aliphatic rings. The zero-order valence-electron chi connectivity index (χ0n) is 10.6. The lowest BCUT2D eigenvalue weighted by atomic mass is 9.97. The average molecular weight is 274 g/mol. The molecule has 0 bridgehead atoms. The number of rotatable bonds is 5. The molecule has 0 saturated heterocycles. The van der Waals surface area contributed by atoms with Gasteiger partial charge in [-0.05, 0) is 36.5 Å². The van der Waals surface area contributed by atoms with Gasteiger partial charge in [0, 0.05) is 7.11 Å². The molecule has 0 amide bonds. The van der Waals surface area contributed by atoms with Crippen molar-refractivity contribution in [1.82, 2.24) is 5.43 Å². The fourth-order valence-corrected chi connectivity index (χ4v) is 2.31. The van der Waals surface area contributed by atoms with E-state index < -0.39 is 17.8 Å². The highest BCUT2D eigenvalue weighted by molar-refractivity contribution is 5.29. The summed E-state index contributed by atoms with van der Waals surface area (Å²) in [5.74, 6) is 5.86. The van der Waals surface area contributed by atoms with Gasteiger partial charge in [0.15, 0.2) is 0 Å². The van der Waals surface area contributed by atoms with E-state index in [0.717, 1.165) is 25.0 Å². The summed E-state index contributed by atoms with van der Waals surface area (Å²) in [7, 11) is 1.56. The minimum Gasteiger partial charge on any atom is -0.379 e. The molecule has 1 aromatic rings. The van der Waals surface area contributed by atoms with Gasteiger partial charge in [0.2, 0.25) is 0 Å². The molecule has 3 N–H and O–H groups in total. The summed E-state index contributed by atoms with van der Waals surface area (Å²) < 4.78 is 43.5. The number of nitrogens with one attached hydrogen (secondary N) is 1. The Bertz CT molecular complexity index is 432. The molecule has 2 atom stereocenters. The summed E-state index contributed by atoms with van der Waals surface area (Å²) in [6.07, 6.45) is -2.50. The topological polar surface area (TPSA) is 47.3 Å². The Kier molecular flexibility index (Phi) is 4.13. The van der Waals surface area contributed by atoms with E-state index in [2.05, 4.69) is 5.43 Å². The summed E-state index contributed by atoms with van der Waals surface area (Å²) in [4.78, 5) is 0. The van der Waals surface area contributed by atoms with Crippen LogP contribution < -0.4 is 11.3 Å². The van der Waals surface area contributed by atoms with E-state index in [-0.39, 0.29) is 6.10 Å². The summed E-state index contributed by atoms with van der Waals surface area (Å²) >= 11 is 0. The molecule has 1 aliphatic carbocycles. The van der Waals surface area contributed by atoms with Crippen molar-refractivity contribution in [2.75, 3.05) is 7.11 Å². The van der Waals surface area contributed by atoms with Gasteiger partial charge in [-0.15, -0.1) is 0 Å². The van der Waals surface area contributed by atoms with Crippen molar-refractivity contribution in [3.63, 3.8) is 0 Å². The van der Waals surface area contributed by atoms with Crippen molar-refractivity contribution in [2.45, 2.75) is 31.2 Å². The molecule has 0 spiro atoms. The maximum Gasteiger partial charge on any atom is 0.416 e. The highest BCUT2D eigenvalue weighted by atomic mass is 19.4. The highest BCUT2D eigenvalue weighted by Crippen LogP contribution is 2.40. The number of hydrazine groups is 1. The van der Waals surface area contributed by atoms with E-state index in [1.165, 1.54) is 6.07 Å². The minimum absolute atomic E-state index is 0.200. The molecule has 1 aromatic carbocycles. The predicted octanol–water partition coefficient (Wildman–Crippen LogP) is 2.63. The van der Waals surface area contributed by atoms with E-state index in [1.54, 1.807) is 13.2 Å². The van der Waals surface area contributed by atoms with Crippen LogP contribution in [0.25, 0.3) is 0 Å². The molecule has 2 rings (SSSR count).